The molecule has 17 N–H and O–H groups in total. The zero-order chi connectivity index (χ0) is 53.1. The highest BCUT2D eigenvalue weighted by molar-refractivity contribution is 5.97. The van der Waals surface area contributed by atoms with Gasteiger partial charge < -0.3 is 75.1 Å². The molecular weight excluding hydrogens is 919 g/mol. The van der Waals surface area contributed by atoms with Crippen LogP contribution in [0.5, 0.6) is 0 Å². The lowest BCUT2D eigenvalue weighted by atomic mass is 9.98. The Kier molecular flexibility index (Phi) is 28.1. The molecule has 0 aliphatic heterocycles. The molecule has 0 aliphatic carbocycles. The van der Waals surface area contributed by atoms with Crippen molar-refractivity contribution in [3.05, 3.63) is 35.9 Å². The third-order valence-corrected chi connectivity index (χ3v) is 10.9. The number of carboxylic acids is 2. The largest absolute Gasteiger partial charge is 0.481 e. The number of carbonyl (C=O) groups excluding carboxylic acids is 9. The van der Waals surface area contributed by atoms with E-state index in [1.165, 1.54) is 0 Å². The van der Waals surface area contributed by atoms with Crippen LogP contribution in [0, 0.1) is 11.8 Å². The number of rotatable bonds is 34. The minimum atomic E-state index is -1.72. The number of nitrogens with one attached hydrogen (secondary N) is 8. The van der Waals surface area contributed by atoms with E-state index in [1.807, 2.05) is 0 Å². The second-order valence-corrected chi connectivity index (χ2v) is 17.4. The van der Waals surface area contributed by atoms with Gasteiger partial charge in [-0.1, -0.05) is 64.4 Å². The molecule has 9 amide bonds. The molecule has 0 radical (unpaired) electrons. The number of carboxylic acid groups (broad SMARTS) is 2. The number of nitrogens with two attached hydrogens (primary N) is 3. The van der Waals surface area contributed by atoms with E-state index in [-0.39, 0.29) is 51.0 Å². The fourth-order valence-electron chi connectivity index (χ4n) is 6.72. The van der Waals surface area contributed by atoms with Crippen molar-refractivity contribution in [1.29, 1.82) is 0 Å². The van der Waals surface area contributed by atoms with Crippen LogP contribution in [0.4, 0.5) is 0 Å². The van der Waals surface area contributed by atoms with Crippen molar-refractivity contribution in [3.63, 3.8) is 0 Å². The van der Waals surface area contributed by atoms with E-state index in [0.29, 0.717) is 12.8 Å². The number of unbranched alkanes of at least 4 members (excludes halogenated alkanes) is 1. The van der Waals surface area contributed by atoms with E-state index >= 15 is 0 Å². The Morgan fingerprint density at radius 1 is 0.600 bits per heavy atom. The van der Waals surface area contributed by atoms with Gasteiger partial charge in [0.25, 0.3) is 0 Å². The van der Waals surface area contributed by atoms with Crippen LogP contribution in [0.15, 0.2) is 30.3 Å². The maximum absolute atomic E-state index is 13.9. The molecule has 392 valence electrons. The van der Waals surface area contributed by atoms with E-state index in [9.17, 15) is 68.1 Å². The summed E-state index contributed by atoms with van der Waals surface area (Å²) in [6.45, 7) is 6.74. The molecule has 0 unspecified atom stereocenters. The first-order valence-corrected chi connectivity index (χ1v) is 23.2. The zero-order valence-electron chi connectivity index (χ0n) is 40.4. The summed E-state index contributed by atoms with van der Waals surface area (Å²) in [6, 6.07) is -0.859. The summed E-state index contributed by atoms with van der Waals surface area (Å²) in [5.74, 6) is -11.5. The monoisotopic (exact) mass is 992 g/mol. The van der Waals surface area contributed by atoms with Gasteiger partial charge in [0.15, 0.2) is 0 Å². The van der Waals surface area contributed by atoms with Crippen molar-refractivity contribution >= 4 is 65.1 Å². The third kappa shape index (κ3) is 24.0. The summed E-state index contributed by atoms with van der Waals surface area (Å²) in [5, 5.41) is 48.7. The SMILES string of the molecule is CC[C@H](C)[C@H](NC(=O)[C@H](CCC(=O)O)NC(=O)[C@H](CC(C)C)NC(=O)[C@H](CCCCN)NC(=O)[C@@H](NC(=O)CNC(=O)[C@H](CCC(N)=O)NC(=O)CNC(=O)[C@@H](N)Cc1ccccc1)[C@@H](C)O)C(=O)O. The Labute approximate surface area is 406 Å². The van der Waals surface area contributed by atoms with Crippen LogP contribution in [0.2, 0.25) is 0 Å². The van der Waals surface area contributed by atoms with Gasteiger partial charge in [0.05, 0.1) is 25.2 Å². The molecule has 1 aromatic rings. The van der Waals surface area contributed by atoms with Crippen LogP contribution >= 0.6 is 0 Å². The average Bonchev–Trinajstić information content (AvgIpc) is 3.29. The highest BCUT2D eigenvalue weighted by atomic mass is 16.4. The van der Waals surface area contributed by atoms with Crippen molar-refractivity contribution in [2.24, 2.45) is 29.0 Å². The fourth-order valence-corrected chi connectivity index (χ4v) is 6.72. The number of hydrogen-bond donors (Lipinski definition) is 14. The molecule has 0 bridgehead atoms. The van der Waals surface area contributed by atoms with Crippen LogP contribution in [-0.4, -0.2) is 148 Å². The maximum atomic E-state index is 13.9. The number of benzene rings is 1. The van der Waals surface area contributed by atoms with Gasteiger partial charge in [-0.3, -0.25) is 47.9 Å². The minimum Gasteiger partial charge on any atom is -0.481 e. The van der Waals surface area contributed by atoms with E-state index < -0.39 is 145 Å². The van der Waals surface area contributed by atoms with E-state index in [1.54, 1.807) is 58.0 Å². The second kappa shape index (κ2) is 32.2. The number of aliphatic hydroxyl groups excluding tert-OH is 1. The first-order chi connectivity index (χ1) is 32.9. The van der Waals surface area contributed by atoms with Crippen molar-refractivity contribution in [2.75, 3.05) is 19.6 Å². The summed E-state index contributed by atoms with van der Waals surface area (Å²) >= 11 is 0. The highest BCUT2D eigenvalue weighted by Crippen LogP contribution is 2.12. The molecule has 0 fully saturated rings. The average molecular weight is 992 g/mol. The summed E-state index contributed by atoms with van der Waals surface area (Å²) in [4.78, 5) is 141. The lowest BCUT2D eigenvalue weighted by molar-refractivity contribution is -0.144. The molecule has 1 rings (SSSR count). The molecule has 0 aromatic heterocycles. The smallest absolute Gasteiger partial charge is 0.326 e. The molecule has 0 aliphatic rings. The summed E-state index contributed by atoms with van der Waals surface area (Å²) in [5.41, 5.74) is 17.7. The molecule has 1 aromatic carbocycles. The number of carbonyl (C=O) groups is 11. The second-order valence-electron chi connectivity index (χ2n) is 17.4. The van der Waals surface area contributed by atoms with E-state index in [2.05, 4.69) is 42.5 Å². The van der Waals surface area contributed by atoms with Crippen LogP contribution in [0.25, 0.3) is 0 Å². The van der Waals surface area contributed by atoms with Crippen LogP contribution in [0.1, 0.15) is 98.0 Å². The molecule has 0 saturated carbocycles. The number of amides is 9. The predicted octanol–water partition coefficient (Wildman–Crippen LogP) is -3.49. The number of aliphatic carboxylic acids is 2. The van der Waals surface area contributed by atoms with Crippen LogP contribution < -0.4 is 59.7 Å². The third-order valence-electron chi connectivity index (χ3n) is 10.9. The Balaban J connectivity index is 3.14. The van der Waals surface area contributed by atoms with Gasteiger partial charge in [-0.2, -0.15) is 0 Å². The van der Waals surface area contributed by atoms with Gasteiger partial charge in [0.1, 0.15) is 36.3 Å². The van der Waals surface area contributed by atoms with Crippen LogP contribution in [-0.2, 0) is 59.2 Å². The normalized spacial score (nSPS) is 14.9. The zero-order valence-corrected chi connectivity index (χ0v) is 40.4. The van der Waals surface area contributed by atoms with Crippen molar-refractivity contribution < 1.29 is 68.1 Å². The van der Waals surface area contributed by atoms with Gasteiger partial charge in [0, 0.05) is 12.8 Å². The number of aliphatic hydroxyl groups is 1. The van der Waals surface area contributed by atoms with Gasteiger partial charge in [-0.25, -0.2) is 4.79 Å². The molecule has 0 spiro atoms. The van der Waals surface area contributed by atoms with Gasteiger partial charge in [-0.15, -0.1) is 0 Å². The lowest BCUT2D eigenvalue weighted by Crippen LogP contribution is -2.60. The van der Waals surface area contributed by atoms with Crippen molar-refractivity contribution in [3.8, 4) is 0 Å². The quantitative estimate of drug-likeness (QED) is 0.0298. The van der Waals surface area contributed by atoms with Crippen molar-refractivity contribution in [1.82, 2.24) is 42.5 Å². The first kappa shape index (κ1) is 61.3. The molecule has 70 heavy (non-hydrogen) atoms. The van der Waals surface area contributed by atoms with E-state index in [0.717, 1.165) is 12.5 Å². The Morgan fingerprint density at radius 2 is 1.11 bits per heavy atom. The Hall–Kier alpha value is -6.73. The summed E-state index contributed by atoms with van der Waals surface area (Å²) in [6.07, 6.45) is -2.04. The molecule has 0 heterocycles. The number of primary amides is 1. The molecule has 25 heteroatoms. The topological polar surface area (TPSA) is 423 Å². The fraction of sp³-hybridized carbons (Fsp3) is 0.622. The molecule has 0 saturated heterocycles. The van der Waals surface area contributed by atoms with Crippen LogP contribution in [0.3, 0.4) is 0 Å². The minimum absolute atomic E-state index is 0.00939. The first-order valence-electron chi connectivity index (χ1n) is 23.2. The maximum Gasteiger partial charge on any atom is 0.326 e. The van der Waals surface area contributed by atoms with Gasteiger partial charge in [0.2, 0.25) is 53.2 Å². The molecule has 25 nitrogen and oxygen atoms in total. The number of hydrogen-bond acceptors (Lipinski definition) is 14. The van der Waals surface area contributed by atoms with E-state index in [4.69, 9.17) is 17.2 Å². The van der Waals surface area contributed by atoms with Crippen molar-refractivity contribution in [2.45, 2.75) is 147 Å². The Morgan fingerprint density at radius 3 is 1.66 bits per heavy atom. The standard InChI is InChI=1S/C45H73N11O14/c1-6-25(4)37(45(69)70)56-42(66)31(16-18-36(61)62)52-43(67)32(20-24(2)3)54-41(65)29(14-10-11-19-46)53-44(68)38(26(5)57)55-35(60)23-50-40(64)30(15-17-33(48)58)51-34(59)22-49-39(63)28(47)21-27-12-8-7-9-13-27/h7-9,12-13,24-26,28-32,37-38,57H,6,10-11,14-23,46-47H2,1-5H3,(H2,48,58)(H,49,63)(H,50,64)(H,51,59)(H,52,67)(H,53,68)(H,54,65)(H,55,60)(H,56,66)(H,61,62)(H,69,70)/t25-,26+,28-,29-,30-,31-,32-,37-,38-/m0/s1. The summed E-state index contributed by atoms with van der Waals surface area (Å²) in [7, 11) is 0. The molecular formula is C45H73N11O14. The predicted molar refractivity (Wildman–Crippen MR) is 252 cm³/mol. The molecule has 9 atom stereocenters. The van der Waals surface area contributed by atoms with Gasteiger partial charge >= 0.3 is 11.9 Å². The summed E-state index contributed by atoms with van der Waals surface area (Å²) < 4.78 is 0. The lowest BCUT2D eigenvalue weighted by Gasteiger charge is -2.28. The van der Waals surface area contributed by atoms with Gasteiger partial charge in [-0.05, 0) is 75.8 Å². The highest BCUT2D eigenvalue weighted by Gasteiger charge is 2.35. The Bertz CT molecular complexity index is 1940.